The van der Waals surface area contributed by atoms with Crippen molar-refractivity contribution in [1.82, 2.24) is 0 Å². The van der Waals surface area contributed by atoms with Gasteiger partial charge in [0.15, 0.2) is 11.5 Å². The molecule has 1 aromatic carbocycles. The summed E-state index contributed by atoms with van der Waals surface area (Å²) >= 11 is 3.45. The molecule has 0 spiro atoms. The fourth-order valence-corrected chi connectivity index (χ4v) is 2.60. The summed E-state index contributed by atoms with van der Waals surface area (Å²) in [6, 6.07) is 3.57. The van der Waals surface area contributed by atoms with E-state index in [4.69, 9.17) is 14.2 Å². The molecule has 19 heavy (non-hydrogen) atoms. The first-order valence-electron chi connectivity index (χ1n) is 6.07. The van der Waals surface area contributed by atoms with Crippen molar-refractivity contribution in [3.63, 3.8) is 0 Å². The standard InChI is InChI=1S/C14H17BrO4/c1-17-12-6-10(11(15)7-13(12)18-2)14(16)9-4-3-5-19-8-9/h6-8,14,16H,3-5H2,1-2H3. The number of rotatable bonds is 4. The summed E-state index contributed by atoms with van der Waals surface area (Å²) in [6.45, 7) is 0.712. The van der Waals surface area contributed by atoms with Crippen LogP contribution in [0, 0.1) is 0 Å². The molecule has 4 nitrogen and oxygen atoms in total. The molecule has 0 amide bonds. The topological polar surface area (TPSA) is 47.9 Å². The number of aliphatic hydroxyl groups is 1. The SMILES string of the molecule is COc1cc(Br)c(C(O)C2=COCCC2)cc1OC. The van der Waals surface area contributed by atoms with Crippen LogP contribution in [0.3, 0.4) is 0 Å². The molecule has 1 atom stereocenters. The van der Waals surface area contributed by atoms with Crippen LogP contribution in [0.5, 0.6) is 11.5 Å². The maximum absolute atomic E-state index is 10.4. The van der Waals surface area contributed by atoms with Gasteiger partial charge in [0.05, 0.1) is 27.1 Å². The predicted molar refractivity (Wildman–Crippen MR) is 75.5 cm³/mol. The first kappa shape index (κ1) is 14.2. The largest absolute Gasteiger partial charge is 0.501 e. The third kappa shape index (κ3) is 3.04. The second kappa shape index (κ2) is 6.30. The Balaban J connectivity index is 2.35. The van der Waals surface area contributed by atoms with Crippen molar-refractivity contribution in [1.29, 1.82) is 0 Å². The van der Waals surface area contributed by atoms with Gasteiger partial charge in [-0.05, 0) is 30.5 Å². The predicted octanol–water partition coefficient (Wildman–Crippen LogP) is 3.19. The van der Waals surface area contributed by atoms with Crippen molar-refractivity contribution < 1.29 is 19.3 Å². The van der Waals surface area contributed by atoms with E-state index in [2.05, 4.69) is 15.9 Å². The zero-order valence-electron chi connectivity index (χ0n) is 11.0. The molecule has 0 bridgehead atoms. The Morgan fingerprint density at radius 2 is 1.95 bits per heavy atom. The fraction of sp³-hybridized carbons (Fsp3) is 0.429. The van der Waals surface area contributed by atoms with Crippen molar-refractivity contribution in [2.45, 2.75) is 18.9 Å². The molecule has 1 aromatic rings. The highest BCUT2D eigenvalue weighted by Crippen LogP contribution is 2.39. The Morgan fingerprint density at radius 1 is 1.26 bits per heavy atom. The Labute approximate surface area is 121 Å². The van der Waals surface area contributed by atoms with Crippen molar-refractivity contribution in [3.8, 4) is 11.5 Å². The van der Waals surface area contributed by atoms with E-state index in [-0.39, 0.29) is 0 Å². The number of ether oxygens (including phenoxy) is 3. The Kier molecular flexibility index (Phi) is 4.71. The van der Waals surface area contributed by atoms with Gasteiger partial charge in [-0.1, -0.05) is 15.9 Å². The highest BCUT2D eigenvalue weighted by molar-refractivity contribution is 9.10. The van der Waals surface area contributed by atoms with Crippen molar-refractivity contribution >= 4 is 15.9 Å². The average molecular weight is 329 g/mol. The van der Waals surface area contributed by atoms with E-state index in [1.54, 1.807) is 32.6 Å². The van der Waals surface area contributed by atoms with E-state index in [0.29, 0.717) is 18.1 Å². The zero-order chi connectivity index (χ0) is 13.8. The summed E-state index contributed by atoms with van der Waals surface area (Å²) in [7, 11) is 3.16. The normalized spacial score (nSPS) is 16.3. The smallest absolute Gasteiger partial charge is 0.161 e. The number of methoxy groups -OCH3 is 2. The number of hydrogen-bond donors (Lipinski definition) is 1. The third-order valence-electron chi connectivity index (χ3n) is 3.11. The maximum Gasteiger partial charge on any atom is 0.161 e. The average Bonchev–Trinajstić information content (AvgIpc) is 2.47. The van der Waals surface area contributed by atoms with Crippen LogP contribution in [0.4, 0.5) is 0 Å². The Hall–Kier alpha value is -1.20. The van der Waals surface area contributed by atoms with E-state index in [1.807, 2.05) is 0 Å². The molecule has 0 aliphatic carbocycles. The van der Waals surface area contributed by atoms with Crippen LogP contribution in [0.25, 0.3) is 0 Å². The molecule has 0 radical (unpaired) electrons. The van der Waals surface area contributed by atoms with Gasteiger partial charge in [-0.25, -0.2) is 0 Å². The van der Waals surface area contributed by atoms with Crippen LogP contribution in [0.2, 0.25) is 0 Å². The fourth-order valence-electron chi connectivity index (χ4n) is 2.06. The summed E-state index contributed by atoms with van der Waals surface area (Å²) in [5.41, 5.74) is 1.62. The van der Waals surface area contributed by atoms with Gasteiger partial charge in [-0.15, -0.1) is 0 Å². The molecule has 0 saturated heterocycles. The Bertz CT molecular complexity index is 485. The lowest BCUT2D eigenvalue weighted by molar-refractivity contribution is 0.169. The van der Waals surface area contributed by atoms with Crippen LogP contribution >= 0.6 is 15.9 Å². The molecule has 1 unspecified atom stereocenters. The summed E-state index contributed by atoms with van der Waals surface area (Å²) in [6.07, 6.45) is 2.71. The van der Waals surface area contributed by atoms with Crippen LogP contribution in [-0.4, -0.2) is 25.9 Å². The Morgan fingerprint density at radius 3 is 2.53 bits per heavy atom. The van der Waals surface area contributed by atoms with Gasteiger partial charge in [0.1, 0.15) is 6.10 Å². The van der Waals surface area contributed by atoms with Crippen molar-refractivity contribution in [2.75, 3.05) is 20.8 Å². The van der Waals surface area contributed by atoms with Gasteiger partial charge in [0.25, 0.3) is 0 Å². The molecule has 5 heteroatoms. The first-order valence-corrected chi connectivity index (χ1v) is 6.86. The second-order valence-corrected chi connectivity index (χ2v) is 5.15. The number of hydrogen-bond acceptors (Lipinski definition) is 4. The molecule has 1 aliphatic rings. The molecule has 1 heterocycles. The third-order valence-corrected chi connectivity index (χ3v) is 3.80. The van der Waals surface area contributed by atoms with Crippen LogP contribution in [-0.2, 0) is 4.74 Å². The highest BCUT2D eigenvalue weighted by atomic mass is 79.9. The van der Waals surface area contributed by atoms with Gasteiger partial charge in [-0.3, -0.25) is 0 Å². The molecule has 0 saturated carbocycles. The zero-order valence-corrected chi connectivity index (χ0v) is 12.6. The van der Waals surface area contributed by atoms with Crippen LogP contribution in [0.1, 0.15) is 24.5 Å². The van der Waals surface area contributed by atoms with Gasteiger partial charge in [-0.2, -0.15) is 0 Å². The summed E-state index contributed by atoms with van der Waals surface area (Å²) in [5.74, 6) is 1.22. The van der Waals surface area contributed by atoms with E-state index >= 15 is 0 Å². The molecular formula is C14H17BrO4. The maximum atomic E-state index is 10.4. The van der Waals surface area contributed by atoms with E-state index in [0.717, 1.165) is 28.5 Å². The second-order valence-electron chi connectivity index (χ2n) is 4.30. The first-order chi connectivity index (χ1) is 9.17. The molecule has 2 rings (SSSR count). The molecule has 1 N–H and O–H groups in total. The highest BCUT2D eigenvalue weighted by Gasteiger charge is 2.21. The van der Waals surface area contributed by atoms with E-state index in [1.165, 1.54) is 0 Å². The van der Waals surface area contributed by atoms with E-state index in [9.17, 15) is 5.11 Å². The molecule has 0 fully saturated rings. The molecular weight excluding hydrogens is 312 g/mol. The van der Waals surface area contributed by atoms with Gasteiger partial charge in [0.2, 0.25) is 0 Å². The minimum Gasteiger partial charge on any atom is -0.501 e. The van der Waals surface area contributed by atoms with Gasteiger partial charge >= 0.3 is 0 Å². The summed E-state index contributed by atoms with van der Waals surface area (Å²) in [5, 5.41) is 10.4. The lowest BCUT2D eigenvalue weighted by Gasteiger charge is -2.21. The molecule has 104 valence electrons. The van der Waals surface area contributed by atoms with Gasteiger partial charge < -0.3 is 19.3 Å². The number of halogens is 1. The molecule has 1 aliphatic heterocycles. The number of benzene rings is 1. The number of aliphatic hydroxyl groups excluding tert-OH is 1. The van der Waals surface area contributed by atoms with Crippen molar-refractivity contribution in [3.05, 3.63) is 34.0 Å². The lowest BCUT2D eigenvalue weighted by Crippen LogP contribution is -2.09. The minimum absolute atomic E-state index is 0.595. The minimum atomic E-state index is -0.700. The van der Waals surface area contributed by atoms with Gasteiger partial charge in [0, 0.05) is 10.0 Å². The van der Waals surface area contributed by atoms with Crippen LogP contribution in [0.15, 0.2) is 28.4 Å². The van der Waals surface area contributed by atoms with Crippen molar-refractivity contribution in [2.24, 2.45) is 0 Å². The quantitative estimate of drug-likeness (QED) is 0.922. The lowest BCUT2D eigenvalue weighted by atomic mass is 9.97. The molecule has 0 aromatic heterocycles. The summed E-state index contributed by atoms with van der Waals surface area (Å²) in [4.78, 5) is 0. The monoisotopic (exact) mass is 328 g/mol. The van der Waals surface area contributed by atoms with Crippen LogP contribution < -0.4 is 9.47 Å². The van der Waals surface area contributed by atoms with E-state index < -0.39 is 6.10 Å². The summed E-state index contributed by atoms with van der Waals surface area (Å²) < 4.78 is 16.5.